The predicted molar refractivity (Wildman–Crippen MR) is 46.6 cm³/mol. The van der Waals surface area contributed by atoms with Crippen molar-refractivity contribution in [1.29, 1.82) is 0 Å². The molecule has 0 saturated heterocycles. The van der Waals surface area contributed by atoms with Crippen molar-refractivity contribution in [3.8, 4) is 0 Å². The van der Waals surface area contributed by atoms with Crippen LogP contribution in [0.4, 0.5) is 5.69 Å². The first-order chi connectivity index (χ1) is 5.74. The van der Waals surface area contributed by atoms with Gasteiger partial charge in [-0.3, -0.25) is 15.1 Å². The van der Waals surface area contributed by atoms with Crippen LogP contribution in [0.25, 0.3) is 0 Å². The molecule has 1 rings (SSSR count). The lowest BCUT2D eigenvalue weighted by molar-refractivity contribution is -0.384. The summed E-state index contributed by atoms with van der Waals surface area (Å²) >= 11 is 0. The van der Waals surface area contributed by atoms with E-state index in [2.05, 4.69) is 4.99 Å². The van der Waals surface area contributed by atoms with Crippen LogP contribution in [0.5, 0.6) is 0 Å². The number of nitrogens with zero attached hydrogens (tertiary/aromatic N) is 2. The van der Waals surface area contributed by atoms with E-state index in [0.717, 1.165) is 5.56 Å². The van der Waals surface area contributed by atoms with E-state index < -0.39 is 4.92 Å². The van der Waals surface area contributed by atoms with Crippen LogP contribution < -0.4 is 0 Å². The second-order valence-corrected chi connectivity index (χ2v) is 2.24. The van der Waals surface area contributed by atoms with Crippen LogP contribution in [0.3, 0.4) is 0 Å². The molecule has 0 aromatic heterocycles. The summed E-state index contributed by atoms with van der Waals surface area (Å²) in [5.74, 6) is 0. The number of nitro benzene ring substituents is 1. The molecule has 0 aliphatic heterocycles. The Labute approximate surface area is 69.7 Å². The zero-order chi connectivity index (χ0) is 8.97. The monoisotopic (exact) mass is 164 g/mol. The Morgan fingerprint density at radius 3 is 2.92 bits per heavy atom. The largest absolute Gasteiger partial charge is 0.296 e. The summed E-state index contributed by atoms with van der Waals surface area (Å²) in [6, 6.07) is 6.33. The summed E-state index contributed by atoms with van der Waals surface area (Å²) in [6.07, 6.45) is 1.58. The van der Waals surface area contributed by atoms with Gasteiger partial charge in [-0.2, -0.15) is 0 Å². The number of rotatable bonds is 2. The Kier molecular flexibility index (Phi) is 2.53. The van der Waals surface area contributed by atoms with Gasteiger partial charge in [-0.15, -0.1) is 0 Å². The third-order valence-electron chi connectivity index (χ3n) is 1.36. The molecule has 0 unspecified atom stereocenters. The number of benzene rings is 1. The molecule has 1 aromatic rings. The van der Waals surface area contributed by atoms with Crippen LogP contribution in [-0.4, -0.2) is 18.2 Å². The van der Waals surface area contributed by atoms with Crippen molar-refractivity contribution < 1.29 is 4.92 Å². The van der Waals surface area contributed by atoms with Crippen LogP contribution in [0.1, 0.15) is 5.56 Å². The molecule has 0 bridgehead atoms. The maximum atomic E-state index is 10.3. The van der Waals surface area contributed by atoms with Crippen LogP contribution in [0.2, 0.25) is 0 Å². The zero-order valence-electron chi connectivity index (χ0n) is 6.60. The van der Waals surface area contributed by atoms with Crippen molar-refractivity contribution in [2.75, 3.05) is 7.05 Å². The molecular weight excluding hydrogens is 156 g/mol. The summed E-state index contributed by atoms with van der Waals surface area (Å²) in [6.45, 7) is 0. The second kappa shape index (κ2) is 3.61. The number of hydrogen-bond acceptors (Lipinski definition) is 3. The van der Waals surface area contributed by atoms with Gasteiger partial charge in [0.2, 0.25) is 0 Å². The molecule has 1 aromatic carbocycles. The molecule has 62 valence electrons. The minimum absolute atomic E-state index is 0.0902. The molecule has 0 aliphatic rings. The van der Waals surface area contributed by atoms with Gasteiger partial charge in [0.05, 0.1) is 4.92 Å². The third-order valence-corrected chi connectivity index (χ3v) is 1.36. The Morgan fingerprint density at radius 1 is 1.58 bits per heavy atom. The minimum atomic E-state index is -0.424. The molecule has 0 atom stereocenters. The van der Waals surface area contributed by atoms with Crippen molar-refractivity contribution in [3.63, 3.8) is 0 Å². The molecule has 0 aliphatic carbocycles. The Hall–Kier alpha value is -1.71. The molecule has 0 fully saturated rings. The highest BCUT2D eigenvalue weighted by atomic mass is 16.6. The predicted octanol–water partition coefficient (Wildman–Crippen LogP) is 1.64. The highest BCUT2D eigenvalue weighted by Gasteiger charge is 2.03. The molecule has 0 saturated carbocycles. The van der Waals surface area contributed by atoms with E-state index in [4.69, 9.17) is 0 Å². The van der Waals surface area contributed by atoms with Gasteiger partial charge in [-0.25, -0.2) is 0 Å². The lowest BCUT2D eigenvalue weighted by Crippen LogP contribution is -1.89. The van der Waals surface area contributed by atoms with E-state index in [1.165, 1.54) is 12.1 Å². The molecular formula is C8H8N2O2. The van der Waals surface area contributed by atoms with E-state index in [1.807, 2.05) is 0 Å². The van der Waals surface area contributed by atoms with Crippen LogP contribution in [0, 0.1) is 10.1 Å². The summed E-state index contributed by atoms with van der Waals surface area (Å²) in [5, 5.41) is 10.3. The lowest BCUT2D eigenvalue weighted by atomic mass is 10.2. The van der Waals surface area contributed by atoms with E-state index in [1.54, 1.807) is 25.4 Å². The maximum absolute atomic E-state index is 10.3. The molecule has 0 N–H and O–H groups in total. The minimum Gasteiger partial charge on any atom is -0.296 e. The Bertz CT molecular complexity index is 321. The highest BCUT2D eigenvalue weighted by molar-refractivity contribution is 5.80. The maximum Gasteiger partial charge on any atom is 0.270 e. The van der Waals surface area contributed by atoms with E-state index >= 15 is 0 Å². The van der Waals surface area contributed by atoms with Crippen LogP contribution in [0.15, 0.2) is 29.3 Å². The van der Waals surface area contributed by atoms with Gasteiger partial charge in [0.15, 0.2) is 0 Å². The van der Waals surface area contributed by atoms with Crippen LogP contribution >= 0.6 is 0 Å². The van der Waals surface area contributed by atoms with Gasteiger partial charge in [-0.05, 0) is 5.56 Å². The fourth-order valence-corrected chi connectivity index (χ4v) is 0.868. The van der Waals surface area contributed by atoms with Gasteiger partial charge in [0.25, 0.3) is 5.69 Å². The van der Waals surface area contributed by atoms with Crippen molar-refractivity contribution in [1.82, 2.24) is 0 Å². The fourth-order valence-electron chi connectivity index (χ4n) is 0.868. The van der Waals surface area contributed by atoms with Crippen molar-refractivity contribution >= 4 is 11.9 Å². The smallest absolute Gasteiger partial charge is 0.270 e. The van der Waals surface area contributed by atoms with Crippen molar-refractivity contribution in [2.45, 2.75) is 0 Å². The topological polar surface area (TPSA) is 55.5 Å². The van der Waals surface area contributed by atoms with E-state index in [0.29, 0.717) is 0 Å². The summed E-state index contributed by atoms with van der Waals surface area (Å²) in [7, 11) is 1.62. The van der Waals surface area contributed by atoms with Crippen molar-refractivity contribution in [2.24, 2.45) is 4.99 Å². The molecule has 4 nitrogen and oxygen atoms in total. The number of hydrogen-bond donors (Lipinski definition) is 0. The van der Waals surface area contributed by atoms with Gasteiger partial charge in [-0.1, -0.05) is 12.1 Å². The van der Waals surface area contributed by atoms with Crippen molar-refractivity contribution in [3.05, 3.63) is 39.9 Å². The van der Waals surface area contributed by atoms with E-state index in [-0.39, 0.29) is 5.69 Å². The lowest BCUT2D eigenvalue weighted by Gasteiger charge is -1.92. The molecule has 0 spiro atoms. The van der Waals surface area contributed by atoms with Gasteiger partial charge < -0.3 is 0 Å². The normalized spacial score (nSPS) is 10.4. The molecule has 4 heteroatoms. The summed E-state index contributed by atoms with van der Waals surface area (Å²) in [4.78, 5) is 13.7. The highest BCUT2D eigenvalue weighted by Crippen LogP contribution is 2.11. The standard InChI is InChI=1S/C8H8N2O2/c1-9-6-7-3-2-4-8(5-7)10(11)12/h2-6H,1H3/b9-6-. The summed E-state index contributed by atoms with van der Waals surface area (Å²) < 4.78 is 0. The Morgan fingerprint density at radius 2 is 2.33 bits per heavy atom. The number of non-ortho nitro benzene ring substituents is 1. The van der Waals surface area contributed by atoms with E-state index in [9.17, 15) is 10.1 Å². The molecule has 0 heterocycles. The third kappa shape index (κ3) is 1.88. The number of aliphatic imine (C=N–C) groups is 1. The van der Waals surface area contributed by atoms with Gasteiger partial charge >= 0.3 is 0 Å². The number of nitro groups is 1. The first kappa shape index (κ1) is 8.39. The molecule has 0 radical (unpaired) electrons. The average Bonchev–Trinajstić information content (AvgIpc) is 2.05. The van der Waals surface area contributed by atoms with Crippen LogP contribution in [-0.2, 0) is 0 Å². The molecule has 0 amide bonds. The quantitative estimate of drug-likeness (QED) is 0.379. The zero-order valence-corrected chi connectivity index (χ0v) is 6.60. The summed E-state index contributed by atoms with van der Waals surface area (Å²) in [5.41, 5.74) is 0.833. The average molecular weight is 164 g/mol. The fraction of sp³-hybridized carbons (Fsp3) is 0.125. The van der Waals surface area contributed by atoms with Gasteiger partial charge in [0, 0.05) is 25.4 Å². The SMILES string of the molecule is C/N=C\c1cccc([N+](=O)[O-])c1. The first-order valence-corrected chi connectivity index (χ1v) is 3.40. The Balaban J connectivity index is 3.03. The first-order valence-electron chi connectivity index (χ1n) is 3.40. The second-order valence-electron chi connectivity index (χ2n) is 2.24. The van der Waals surface area contributed by atoms with Gasteiger partial charge in [0.1, 0.15) is 0 Å². The molecule has 12 heavy (non-hydrogen) atoms.